The number of anilines is 1. The second kappa shape index (κ2) is 8.34. The standard InChI is InChI=1S/C17H17F3N6O3S/c1-4-29-13(28)5-10-7-30-16(22-10)23-12(27)6-11-8(2)21-15-24-14(17(18,19)20)25-26(15)9(11)3/h7H,4-6H2,1-3H3,(H,22,23,27). The molecule has 0 spiro atoms. The normalized spacial score (nSPS) is 11.7. The van der Waals surface area contributed by atoms with Crippen LogP contribution >= 0.6 is 11.3 Å². The van der Waals surface area contributed by atoms with Gasteiger partial charge in [0.05, 0.1) is 25.1 Å². The number of nitrogens with zero attached hydrogens (tertiary/aromatic N) is 5. The molecule has 0 aliphatic rings. The summed E-state index contributed by atoms with van der Waals surface area (Å²) in [4.78, 5) is 35.5. The van der Waals surface area contributed by atoms with E-state index in [9.17, 15) is 22.8 Å². The molecule has 160 valence electrons. The molecular formula is C17H17F3N6O3S. The van der Waals surface area contributed by atoms with Gasteiger partial charge in [-0.1, -0.05) is 0 Å². The van der Waals surface area contributed by atoms with Crippen LogP contribution in [0.4, 0.5) is 18.3 Å². The molecule has 0 atom stereocenters. The molecule has 3 aromatic heterocycles. The van der Waals surface area contributed by atoms with Gasteiger partial charge >= 0.3 is 12.1 Å². The van der Waals surface area contributed by atoms with Gasteiger partial charge in [0.2, 0.25) is 5.91 Å². The van der Waals surface area contributed by atoms with Gasteiger partial charge in [-0.3, -0.25) is 9.59 Å². The van der Waals surface area contributed by atoms with E-state index in [1.807, 2.05) is 0 Å². The fourth-order valence-electron chi connectivity index (χ4n) is 2.71. The number of fused-ring (bicyclic) bond motifs is 1. The van der Waals surface area contributed by atoms with Crippen LogP contribution in [0.2, 0.25) is 0 Å². The number of halogens is 3. The van der Waals surface area contributed by atoms with Gasteiger partial charge in [-0.25, -0.2) is 14.5 Å². The second-order valence-electron chi connectivity index (χ2n) is 6.26. The maximum Gasteiger partial charge on any atom is 0.453 e. The van der Waals surface area contributed by atoms with Crippen LogP contribution in [-0.4, -0.2) is 43.0 Å². The molecule has 3 rings (SSSR count). The summed E-state index contributed by atoms with van der Waals surface area (Å²) in [5.74, 6) is -2.34. The Kier molecular flexibility index (Phi) is 6.01. The molecule has 9 nitrogen and oxygen atoms in total. The molecule has 0 bridgehead atoms. The van der Waals surface area contributed by atoms with Crippen molar-refractivity contribution in [2.45, 2.75) is 39.8 Å². The first kappa shape index (κ1) is 21.6. The van der Waals surface area contributed by atoms with Crippen molar-refractivity contribution in [2.75, 3.05) is 11.9 Å². The molecule has 3 aromatic rings. The van der Waals surface area contributed by atoms with Crippen LogP contribution in [0, 0.1) is 13.8 Å². The lowest BCUT2D eigenvalue weighted by Crippen LogP contribution is -2.18. The minimum atomic E-state index is -4.70. The van der Waals surface area contributed by atoms with Crippen LogP contribution in [0.15, 0.2) is 5.38 Å². The van der Waals surface area contributed by atoms with Gasteiger partial charge < -0.3 is 10.1 Å². The van der Waals surface area contributed by atoms with Crippen molar-refractivity contribution >= 4 is 34.1 Å². The molecule has 3 heterocycles. The Morgan fingerprint density at radius 3 is 2.60 bits per heavy atom. The van der Waals surface area contributed by atoms with Gasteiger partial charge in [0, 0.05) is 22.3 Å². The van der Waals surface area contributed by atoms with Gasteiger partial charge in [-0.05, 0) is 20.8 Å². The first-order valence-corrected chi connectivity index (χ1v) is 9.66. The molecule has 1 amide bonds. The van der Waals surface area contributed by atoms with Crippen molar-refractivity contribution in [3.63, 3.8) is 0 Å². The summed E-state index contributed by atoms with van der Waals surface area (Å²) in [6.07, 6.45) is -4.85. The second-order valence-corrected chi connectivity index (χ2v) is 7.11. The molecular weight excluding hydrogens is 425 g/mol. The number of carbonyl (C=O) groups is 2. The van der Waals surface area contributed by atoms with Crippen LogP contribution in [0.3, 0.4) is 0 Å². The Hall–Kier alpha value is -3.09. The van der Waals surface area contributed by atoms with Crippen LogP contribution in [0.1, 0.15) is 35.4 Å². The minimum Gasteiger partial charge on any atom is -0.466 e. The zero-order chi connectivity index (χ0) is 22.1. The smallest absolute Gasteiger partial charge is 0.453 e. The molecule has 0 saturated heterocycles. The molecule has 0 aliphatic heterocycles. The maximum atomic E-state index is 12.9. The van der Waals surface area contributed by atoms with E-state index >= 15 is 0 Å². The minimum absolute atomic E-state index is 0.00709. The zero-order valence-corrected chi connectivity index (χ0v) is 17.0. The highest BCUT2D eigenvalue weighted by atomic mass is 32.1. The van der Waals surface area contributed by atoms with E-state index in [0.29, 0.717) is 27.8 Å². The quantitative estimate of drug-likeness (QED) is 0.584. The van der Waals surface area contributed by atoms with Crippen molar-refractivity contribution in [3.8, 4) is 0 Å². The molecule has 0 aromatic carbocycles. The summed E-state index contributed by atoms with van der Waals surface area (Å²) in [5, 5.41) is 7.99. The first-order chi connectivity index (χ1) is 14.1. The largest absolute Gasteiger partial charge is 0.466 e. The number of rotatable bonds is 6. The number of ether oxygens (including phenoxy) is 1. The predicted molar refractivity (Wildman–Crippen MR) is 100 cm³/mol. The van der Waals surface area contributed by atoms with Crippen LogP contribution in [0.25, 0.3) is 5.78 Å². The highest BCUT2D eigenvalue weighted by Gasteiger charge is 2.37. The highest BCUT2D eigenvalue weighted by molar-refractivity contribution is 7.13. The lowest BCUT2D eigenvalue weighted by atomic mass is 10.1. The molecule has 13 heteroatoms. The van der Waals surface area contributed by atoms with Gasteiger partial charge in [0.1, 0.15) is 0 Å². The van der Waals surface area contributed by atoms with Gasteiger partial charge in [-0.15, -0.1) is 16.4 Å². The van der Waals surface area contributed by atoms with Crippen molar-refractivity contribution in [2.24, 2.45) is 0 Å². The van der Waals surface area contributed by atoms with Crippen molar-refractivity contribution in [3.05, 3.63) is 33.8 Å². The number of aromatic nitrogens is 5. The molecule has 0 saturated carbocycles. The Bertz CT molecular complexity index is 1110. The average molecular weight is 442 g/mol. The van der Waals surface area contributed by atoms with Crippen LogP contribution in [0.5, 0.6) is 0 Å². The Morgan fingerprint density at radius 2 is 1.93 bits per heavy atom. The van der Waals surface area contributed by atoms with Gasteiger partial charge in [-0.2, -0.15) is 18.2 Å². The number of hydrogen-bond donors (Lipinski definition) is 1. The number of aryl methyl sites for hydroxylation is 2. The average Bonchev–Trinajstić information content (AvgIpc) is 3.25. The lowest BCUT2D eigenvalue weighted by Gasteiger charge is -2.09. The third kappa shape index (κ3) is 4.72. The van der Waals surface area contributed by atoms with E-state index in [0.717, 1.165) is 15.9 Å². The lowest BCUT2D eigenvalue weighted by molar-refractivity contribution is -0.145. The fourth-order valence-corrected chi connectivity index (χ4v) is 3.44. The third-order valence-corrected chi connectivity index (χ3v) is 4.88. The SMILES string of the molecule is CCOC(=O)Cc1csc(NC(=O)Cc2c(C)nc3nc(C(F)(F)F)nn3c2C)n1. The van der Waals surface area contributed by atoms with E-state index in [1.165, 1.54) is 0 Å². The third-order valence-electron chi connectivity index (χ3n) is 4.07. The van der Waals surface area contributed by atoms with Gasteiger partial charge in [0.15, 0.2) is 5.13 Å². The van der Waals surface area contributed by atoms with Crippen molar-refractivity contribution in [1.29, 1.82) is 0 Å². The number of alkyl halides is 3. The molecule has 0 fully saturated rings. The molecule has 0 unspecified atom stereocenters. The van der Waals surface area contributed by atoms with E-state index in [-0.39, 0.29) is 25.2 Å². The summed E-state index contributed by atoms with van der Waals surface area (Å²) >= 11 is 1.15. The fraction of sp³-hybridized carbons (Fsp3) is 0.412. The Labute approximate surface area is 172 Å². The van der Waals surface area contributed by atoms with E-state index < -0.39 is 23.9 Å². The predicted octanol–water partition coefficient (Wildman–Crippen LogP) is 2.50. The van der Waals surface area contributed by atoms with Crippen LogP contribution < -0.4 is 5.32 Å². The summed E-state index contributed by atoms with van der Waals surface area (Å²) in [5.41, 5.74) is 1.60. The maximum absolute atomic E-state index is 12.9. The van der Waals surface area contributed by atoms with E-state index in [2.05, 4.69) is 25.4 Å². The number of amides is 1. The number of nitrogens with one attached hydrogen (secondary N) is 1. The summed E-state index contributed by atoms with van der Waals surface area (Å²) in [7, 11) is 0. The summed E-state index contributed by atoms with van der Waals surface area (Å²) in [6, 6.07) is 0. The molecule has 0 aliphatic carbocycles. The molecule has 0 radical (unpaired) electrons. The zero-order valence-electron chi connectivity index (χ0n) is 16.2. The van der Waals surface area contributed by atoms with Gasteiger partial charge in [0.25, 0.3) is 11.6 Å². The topological polar surface area (TPSA) is 111 Å². The molecule has 30 heavy (non-hydrogen) atoms. The van der Waals surface area contributed by atoms with E-state index in [4.69, 9.17) is 4.74 Å². The van der Waals surface area contributed by atoms with Crippen molar-refractivity contribution in [1.82, 2.24) is 24.6 Å². The number of carbonyl (C=O) groups excluding carboxylic acids is 2. The summed E-state index contributed by atoms with van der Waals surface area (Å²) in [6.45, 7) is 5.09. The molecule has 1 N–H and O–H groups in total. The van der Waals surface area contributed by atoms with Crippen molar-refractivity contribution < 1.29 is 27.5 Å². The highest BCUT2D eigenvalue weighted by Crippen LogP contribution is 2.27. The summed E-state index contributed by atoms with van der Waals surface area (Å²) < 4.78 is 44.4. The Balaban J connectivity index is 1.75. The first-order valence-electron chi connectivity index (χ1n) is 8.78. The Morgan fingerprint density at radius 1 is 1.20 bits per heavy atom. The number of thiazole rings is 1. The van der Waals surface area contributed by atoms with E-state index in [1.54, 1.807) is 26.2 Å². The monoisotopic (exact) mass is 442 g/mol. The number of hydrogen-bond acceptors (Lipinski definition) is 8. The van der Waals surface area contributed by atoms with Crippen LogP contribution in [-0.2, 0) is 33.3 Å². The number of esters is 1.